The minimum absolute atomic E-state index is 0.444. The molecule has 2 aromatic rings. The molecule has 0 unspecified atom stereocenters. The number of piperidine rings is 1. The molecule has 0 amide bonds. The molecule has 1 N–H and O–H groups in total. The van der Waals surface area contributed by atoms with E-state index in [1.54, 1.807) is 18.6 Å². The first kappa shape index (κ1) is 13.2. The Morgan fingerprint density at radius 3 is 2.80 bits per heavy atom. The van der Waals surface area contributed by atoms with Gasteiger partial charge in [0.1, 0.15) is 5.69 Å². The van der Waals surface area contributed by atoms with Crippen LogP contribution in [0.3, 0.4) is 0 Å². The van der Waals surface area contributed by atoms with Crippen molar-refractivity contribution in [2.45, 2.75) is 38.6 Å². The van der Waals surface area contributed by atoms with Gasteiger partial charge in [-0.05, 0) is 33.2 Å². The van der Waals surface area contributed by atoms with Crippen molar-refractivity contribution in [3.63, 3.8) is 0 Å². The summed E-state index contributed by atoms with van der Waals surface area (Å²) in [5.74, 6) is 1.26. The second-order valence-electron chi connectivity index (χ2n) is 5.66. The Morgan fingerprint density at radius 2 is 2.05 bits per heavy atom. The summed E-state index contributed by atoms with van der Waals surface area (Å²) in [4.78, 5) is 19.1. The number of nitrogens with zero attached hydrogens (tertiary/aromatic N) is 4. The van der Waals surface area contributed by atoms with Crippen LogP contribution < -0.4 is 0 Å². The summed E-state index contributed by atoms with van der Waals surface area (Å²) in [7, 11) is 0. The number of rotatable bonds is 3. The monoisotopic (exact) mass is 271 g/mol. The normalized spacial score (nSPS) is 20.4. The van der Waals surface area contributed by atoms with Gasteiger partial charge in [0.15, 0.2) is 5.82 Å². The number of hydrogen-bond donors (Lipinski definition) is 1. The first-order chi connectivity index (χ1) is 9.75. The quantitative estimate of drug-likeness (QED) is 0.931. The van der Waals surface area contributed by atoms with Crippen molar-refractivity contribution in [3.8, 4) is 11.5 Å². The Hall–Kier alpha value is -1.75. The van der Waals surface area contributed by atoms with Gasteiger partial charge in [0, 0.05) is 43.3 Å². The maximum atomic E-state index is 4.60. The Bertz CT molecular complexity index is 549. The predicted octanol–water partition coefficient (Wildman–Crippen LogP) is 2.45. The van der Waals surface area contributed by atoms with E-state index in [2.05, 4.69) is 38.7 Å². The van der Waals surface area contributed by atoms with Gasteiger partial charge in [-0.3, -0.25) is 4.98 Å². The van der Waals surface area contributed by atoms with Crippen LogP contribution in [0.4, 0.5) is 0 Å². The summed E-state index contributed by atoms with van der Waals surface area (Å²) in [6.07, 6.45) is 9.51. The zero-order valence-corrected chi connectivity index (χ0v) is 12.1. The van der Waals surface area contributed by atoms with Gasteiger partial charge in [-0.25, -0.2) is 9.97 Å². The Labute approximate surface area is 119 Å². The Morgan fingerprint density at radius 1 is 1.20 bits per heavy atom. The molecule has 1 saturated heterocycles. The maximum absolute atomic E-state index is 4.60. The SMILES string of the molecule is CC(C)N1CCC[C@@H](c2nccnc2-c2ncc[nH]2)C1. The average Bonchev–Trinajstić information content (AvgIpc) is 3.01. The largest absolute Gasteiger partial charge is 0.343 e. The van der Waals surface area contributed by atoms with Gasteiger partial charge in [0.25, 0.3) is 0 Å². The molecule has 0 spiro atoms. The van der Waals surface area contributed by atoms with E-state index in [0.717, 1.165) is 23.8 Å². The Kier molecular flexibility index (Phi) is 3.78. The molecule has 0 bridgehead atoms. The molecule has 3 heterocycles. The predicted molar refractivity (Wildman–Crippen MR) is 78.3 cm³/mol. The zero-order chi connectivity index (χ0) is 13.9. The molecule has 3 rings (SSSR count). The van der Waals surface area contributed by atoms with Crippen LogP contribution in [0.2, 0.25) is 0 Å². The van der Waals surface area contributed by atoms with Crippen LogP contribution >= 0.6 is 0 Å². The minimum atomic E-state index is 0.444. The van der Waals surface area contributed by atoms with Crippen LogP contribution in [0.5, 0.6) is 0 Å². The highest BCUT2D eigenvalue weighted by atomic mass is 15.2. The topological polar surface area (TPSA) is 57.7 Å². The van der Waals surface area contributed by atoms with Crippen molar-refractivity contribution in [3.05, 3.63) is 30.5 Å². The third-order valence-corrected chi connectivity index (χ3v) is 4.02. The van der Waals surface area contributed by atoms with E-state index in [9.17, 15) is 0 Å². The van der Waals surface area contributed by atoms with Gasteiger partial charge < -0.3 is 9.88 Å². The highest BCUT2D eigenvalue weighted by Gasteiger charge is 2.26. The highest BCUT2D eigenvalue weighted by Crippen LogP contribution is 2.30. The summed E-state index contributed by atoms with van der Waals surface area (Å²) in [5.41, 5.74) is 1.97. The van der Waals surface area contributed by atoms with Gasteiger partial charge >= 0.3 is 0 Å². The van der Waals surface area contributed by atoms with Crippen LogP contribution in [0.1, 0.15) is 38.3 Å². The lowest BCUT2D eigenvalue weighted by atomic mass is 9.92. The van der Waals surface area contributed by atoms with E-state index in [-0.39, 0.29) is 0 Å². The first-order valence-corrected chi connectivity index (χ1v) is 7.30. The number of imidazole rings is 1. The van der Waals surface area contributed by atoms with Gasteiger partial charge in [0.05, 0.1) is 5.69 Å². The van der Waals surface area contributed by atoms with E-state index in [1.807, 2.05) is 6.20 Å². The standard InChI is InChI=1S/C15H21N5/c1-11(2)20-9-3-4-12(10-20)13-14(17-6-5-16-13)15-18-7-8-19-15/h5-8,11-12H,3-4,9-10H2,1-2H3,(H,18,19)/t12-/m1/s1. The lowest BCUT2D eigenvalue weighted by Gasteiger charge is -2.35. The van der Waals surface area contributed by atoms with Crippen molar-refractivity contribution in [2.24, 2.45) is 0 Å². The fourth-order valence-corrected chi connectivity index (χ4v) is 2.92. The van der Waals surface area contributed by atoms with Crippen LogP contribution in [-0.4, -0.2) is 44.0 Å². The summed E-state index contributed by atoms with van der Waals surface area (Å²) >= 11 is 0. The summed E-state index contributed by atoms with van der Waals surface area (Å²) in [6.45, 7) is 6.76. The maximum Gasteiger partial charge on any atom is 0.157 e. The minimum Gasteiger partial charge on any atom is -0.343 e. The van der Waals surface area contributed by atoms with Crippen molar-refractivity contribution in [1.29, 1.82) is 0 Å². The Balaban J connectivity index is 1.90. The molecule has 5 nitrogen and oxygen atoms in total. The molecule has 5 heteroatoms. The summed E-state index contributed by atoms with van der Waals surface area (Å²) in [5, 5.41) is 0. The first-order valence-electron chi connectivity index (χ1n) is 7.30. The third-order valence-electron chi connectivity index (χ3n) is 4.02. The molecule has 20 heavy (non-hydrogen) atoms. The number of aromatic nitrogens is 4. The van der Waals surface area contributed by atoms with Crippen LogP contribution in [-0.2, 0) is 0 Å². The van der Waals surface area contributed by atoms with Gasteiger partial charge in [-0.1, -0.05) is 0 Å². The molecule has 0 aromatic carbocycles. The van der Waals surface area contributed by atoms with Gasteiger partial charge in [-0.2, -0.15) is 0 Å². The molecule has 1 aliphatic heterocycles. The van der Waals surface area contributed by atoms with E-state index in [1.165, 1.54) is 19.4 Å². The zero-order valence-electron chi connectivity index (χ0n) is 12.1. The number of H-pyrrole nitrogens is 1. The number of aromatic amines is 1. The molecule has 1 atom stereocenters. The molecular weight excluding hydrogens is 250 g/mol. The van der Waals surface area contributed by atoms with E-state index in [0.29, 0.717) is 12.0 Å². The molecule has 1 fully saturated rings. The summed E-state index contributed by atoms with van der Waals surface area (Å²) in [6, 6.07) is 0.585. The second-order valence-corrected chi connectivity index (χ2v) is 5.66. The number of nitrogens with one attached hydrogen (secondary N) is 1. The highest BCUT2D eigenvalue weighted by molar-refractivity contribution is 5.53. The van der Waals surface area contributed by atoms with E-state index in [4.69, 9.17) is 0 Å². The van der Waals surface area contributed by atoms with Gasteiger partial charge in [-0.15, -0.1) is 0 Å². The lowest BCUT2D eigenvalue weighted by molar-refractivity contribution is 0.166. The fourth-order valence-electron chi connectivity index (χ4n) is 2.92. The number of hydrogen-bond acceptors (Lipinski definition) is 4. The van der Waals surface area contributed by atoms with E-state index >= 15 is 0 Å². The van der Waals surface area contributed by atoms with Gasteiger partial charge in [0.2, 0.25) is 0 Å². The third kappa shape index (κ3) is 2.58. The van der Waals surface area contributed by atoms with Crippen LogP contribution in [0.15, 0.2) is 24.8 Å². The average molecular weight is 271 g/mol. The molecular formula is C15H21N5. The molecule has 0 radical (unpaired) electrons. The van der Waals surface area contributed by atoms with Crippen molar-refractivity contribution in [2.75, 3.05) is 13.1 Å². The fraction of sp³-hybridized carbons (Fsp3) is 0.533. The molecule has 0 saturated carbocycles. The lowest BCUT2D eigenvalue weighted by Crippen LogP contribution is -2.39. The molecule has 2 aromatic heterocycles. The molecule has 0 aliphatic carbocycles. The molecule has 1 aliphatic rings. The molecule has 106 valence electrons. The van der Waals surface area contributed by atoms with Crippen LogP contribution in [0.25, 0.3) is 11.5 Å². The smallest absolute Gasteiger partial charge is 0.157 e. The van der Waals surface area contributed by atoms with Crippen molar-refractivity contribution in [1.82, 2.24) is 24.8 Å². The summed E-state index contributed by atoms with van der Waals surface area (Å²) < 4.78 is 0. The second kappa shape index (κ2) is 5.71. The van der Waals surface area contributed by atoms with Crippen LogP contribution in [0, 0.1) is 0 Å². The van der Waals surface area contributed by atoms with E-state index < -0.39 is 0 Å². The number of likely N-dealkylation sites (tertiary alicyclic amines) is 1. The van der Waals surface area contributed by atoms with Crippen molar-refractivity contribution < 1.29 is 0 Å². The van der Waals surface area contributed by atoms with Crippen molar-refractivity contribution >= 4 is 0 Å².